The number of aromatic nitrogens is 1. The highest BCUT2D eigenvalue weighted by molar-refractivity contribution is 5.31. The third-order valence-corrected chi connectivity index (χ3v) is 2.83. The van der Waals surface area contributed by atoms with Crippen LogP contribution in [0.15, 0.2) is 42.6 Å². The number of pyridine rings is 1. The van der Waals surface area contributed by atoms with E-state index in [4.69, 9.17) is 0 Å². The Kier molecular flexibility index (Phi) is 4.05. The maximum Gasteiger partial charge on any atom is 0.141 e. The zero-order chi connectivity index (χ0) is 13.0. The molecule has 0 fully saturated rings. The number of nitrogens with zero attached hydrogens (tertiary/aromatic N) is 1. The van der Waals surface area contributed by atoms with E-state index in [1.807, 2.05) is 13.0 Å². The lowest BCUT2D eigenvalue weighted by Gasteiger charge is -2.18. The first-order valence-electron chi connectivity index (χ1n) is 6.12. The minimum Gasteiger partial charge on any atom is -0.305 e. The van der Waals surface area contributed by atoms with E-state index >= 15 is 0 Å². The molecule has 0 spiro atoms. The highest BCUT2D eigenvalue weighted by Crippen LogP contribution is 2.21. The highest BCUT2D eigenvalue weighted by atomic mass is 19.1. The average molecular weight is 244 g/mol. The van der Waals surface area contributed by atoms with Crippen LogP contribution in [0.4, 0.5) is 4.39 Å². The average Bonchev–Trinajstić information content (AvgIpc) is 2.37. The van der Waals surface area contributed by atoms with Gasteiger partial charge in [-0.2, -0.15) is 0 Å². The maximum atomic E-state index is 12.9. The molecule has 18 heavy (non-hydrogen) atoms. The van der Waals surface area contributed by atoms with Gasteiger partial charge in [0, 0.05) is 0 Å². The van der Waals surface area contributed by atoms with Crippen LogP contribution in [0.2, 0.25) is 0 Å². The fourth-order valence-corrected chi connectivity index (χ4v) is 2.01. The summed E-state index contributed by atoms with van der Waals surface area (Å²) in [4.78, 5) is 4.17. The molecule has 0 saturated heterocycles. The summed E-state index contributed by atoms with van der Waals surface area (Å²) in [5, 5.41) is 3.38. The van der Waals surface area contributed by atoms with Crippen LogP contribution >= 0.6 is 0 Å². The van der Waals surface area contributed by atoms with E-state index in [-0.39, 0.29) is 11.9 Å². The van der Waals surface area contributed by atoms with Gasteiger partial charge < -0.3 is 5.32 Å². The second kappa shape index (κ2) is 5.74. The molecule has 1 aromatic heterocycles. The van der Waals surface area contributed by atoms with Crippen molar-refractivity contribution in [2.75, 3.05) is 6.54 Å². The van der Waals surface area contributed by atoms with Crippen molar-refractivity contribution in [1.29, 1.82) is 0 Å². The predicted octanol–water partition coefficient (Wildman–Crippen LogP) is 3.23. The normalized spacial score (nSPS) is 12.4. The summed E-state index contributed by atoms with van der Waals surface area (Å²) in [5.41, 5.74) is 3.19. The summed E-state index contributed by atoms with van der Waals surface area (Å²) in [7, 11) is 0. The third kappa shape index (κ3) is 2.93. The van der Waals surface area contributed by atoms with Gasteiger partial charge >= 0.3 is 0 Å². The van der Waals surface area contributed by atoms with Crippen LogP contribution in [0.25, 0.3) is 0 Å². The second-order valence-electron chi connectivity index (χ2n) is 4.31. The monoisotopic (exact) mass is 244 g/mol. The third-order valence-electron chi connectivity index (χ3n) is 2.83. The van der Waals surface area contributed by atoms with Crippen LogP contribution in [0, 0.1) is 12.7 Å². The summed E-state index contributed by atoms with van der Waals surface area (Å²) in [6.45, 7) is 4.94. The molecule has 2 aromatic rings. The van der Waals surface area contributed by atoms with Crippen molar-refractivity contribution in [2.24, 2.45) is 0 Å². The Labute approximate surface area is 107 Å². The van der Waals surface area contributed by atoms with Gasteiger partial charge in [-0.1, -0.05) is 36.8 Å². The number of halogens is 1. The Bertz CT molecular complexity index is 508. The molecule has 0 radical (unpaired) electrons. The van der Waals surface area contributed by atoms with Crippen molar-refractivity contribution in [3.8, 4) is 0 Å². The minimum atomic E-state index is -0.307. The molecule has 94 valence electrons. The quantitative estimate of drug-likeness (QED) is 0.893. The summed E-state index contributed by atoms with van der Waals surface area (Å²) in [5.74, 6) is -0.307. The van der Waals surface area contributed by atoms with Gasteiger partial charge in [0.25, 0.3) is 0 Å². The highest BCUT2D eigenvalue weighted by Gasteiger charge is 2.14. The fraction of sp³-hybridized carbons (Fsp3) is 0.267. The van der Waals surface area contributed by atoms with Crippen molar-refractivity contribution in [3.05, 3.63) is 65.2 Å². The largest absolute Gasteiger partial charge is 0.305 e. The van der Waals surface area contributed by atoms with Gasteiger partial charge in [0.05, 0.1) is 17.9 Å². The van der Waals surface area contributed by atoms with Crippen LogP contribution < -0.4 is 5.32 Å². The molecule has 0 aliphatic carbocycles. The molecule has 0 aliphatic heterocycles. The molecule has 0 amide bonds. The van der Waals surface area contributed by atoms with Gasteiger partial charge in [0.15, 0.2) is 0 Å². The van der Waals surface area contributed by atoms with Gasteiger partial charge in [0.2, 0.25) is 0 Å². The number of hydrogen-bond donors (Lipinski definition) is 1. The Balaban J connectivity index is 2.36. The van der Waals surface area contributed by atoms with Crippen LogP contribution in [0.1, 0.15) is 29.8 Å². The molecule has 1 heterocycles. The lowest BCUT2D eigenvalue weighted by molar-refractivity contribution is 0.594. The van der Waals surface area contributed by atoms with E-state index in [2.05, 4.69) is 35.4 Å². The number of benzene rings is 1. The SMILES string of the molecule is CCNC(c1cccc(C)c1)c1ccc(F)cn1. The van der Waals surface area contributed by atoms with Gasteiger partial charge in [-0.25, -0.2) is 4.39 Å². The van der Waals surface area contributed by atoms with Crippen molar-refractivity contribution in [1.82, 2.24) is 10.3 Å². The fourth-order valence-electron chi connectivity index (χ4n) is 2.01. The lowest BCUT2D eigenvalue weighted by atomic mass is 10.0. The van der Waals surface area contributed by atoms with Gasteiger partial charge in [0.1, 0.15) is 5.82 Å². The van der Waals surface area contributed by atoms with E-state index in [0.717, 1.165) is 17.8 Å². The van der Waals surface area contributed by atoms with Gasteiger partial charge in [-0.15, -0.1) is 0 Å². The summed E-state index contributed by atoms with van der Waals surface area (Å²) in [6, 6.07) is 11.5. The van der Waals surface area contributed by atoms with Crippen LogP contribution in [0.5, 0.6) is 0 Å². The first-order chi connectivity index (χ1) is 8.70. The molecule has 0 aliphatic rings. The number of aryl methyl sites for hydroxylation is 1. The molecule has 3 heteroatoms. The molecule has 2 rings (SSSR count). The molecular weight excluding hydrogens is 227 g/mol. The van der Waals surface area contributed by atoms with Crippen molar-refractivity contribution in [2.45, 2.75) is 19.9 Å². The van der Waals surface area contributed by atoms with E-state index in [1.54, 1.807) is 6.07 Å². The molecule has 0 bridgehead atoms. The maximum absolute atomic E-state index is 12.9. The first-order valence-corrected chi connectivity index (χ1v) is 6.12. The Hall–Kier alpha value is -1.74. The zero-order valence-electron chi connectivity index (χ0n) is 10.7. The van der Waals surface area contributed by atoms with Crippen molar-refractivity contribution >= 4 is 0 Å². The summed E-state index contributed by atoms with van der Waals surface area (Å²) in [6.07, 6.45) is 1.26. The minimum absolute atomic E-state index is 0.00972. The summed E-state index contributed by atoms with van der Waals surface area (Å²) >= 11 is 0. The van der Waals surface area contributed by atoms with E-state index < -0.39 is 0 Å². The smallest absolute Gasteiger partial charge is 0.141 e. The van der Waals surface area contributed by atoms with E-state index in [9.17, 15) is 4.39 Å². The molecule has 1 unspecified atom stereocenters. The molecule has 1 atom stereocenters. The topological polar surface area (TPSA) is 24.9 Å². The second-order valence-corrected chi connectivity index (χ2v) is 4.31. The lowest BCUT2D eigenvalue weighted by Crippen LogP contribution is -2.23. The van der Waals surface area contributed by atoms with Gasteiger partial charge in [-0.05, 0) is 31.2 Å². The van der Waals surface area contributed by atoms with Crippen molar-refractivity contribution < 1.29 is 4.39 Å². The Morgan fingerprint density at radius 1 is 1.28 bits per heavy atom. The zero-order valence-corrected chi connectivity index (χ0v) is 10.7. The van der Waals surface area contributed by atoms with Crippen molar-refractivity contribution in [3.63, 3.8) is 0 Å². The van der Waals surface area contributed by atoms with Crippen LogP contribution in [-0.2, 0) is 0 Å². The first kappa shape index (κ1) is 12.7. The molecule has 0 saturated carbocycles. The molecule has 1 N–H and O–H groups in total. The van der Waals surface area contributed by atoms with Gasteiger partial charge in [-0.3, -0.25) is 4.98 Å². The number of rotatable bonds is 4. The van der Waals surface area contributed by atoms with E-state index in [1.165, 1.54) is 17.8 Å². The van der Waals surface area contributed by atoms with Crippen LogP contribution in [0.3, 0.4) is 0 Å². The Morgan fingerprint density at radius 3 is 2.72 bits per heavy atom. The van der Waals surface area contributed by atoms with Crippen LogP contribution in [-0.4, -0.2) is 11.5 Å². The Morgan fingerprint density at radius 2 is 2.11 bits per heavy atom. The molecule has 2 nitrogen and oxygen atoms in total. The number of hydrogen-bond acceptors (Lipinski definition) is 2. The molecule has 1 aromatic carbocycles. The predicted molar refractivity (Wildman–Crippen MR) is 70.9 cm³/mol. The molecular formula is C15H17FN2. The standard InChI is InChI=1S/C15H17FN2/c1-3-17-15(12-6-4-5-11(2)9-12)14-8-7-13(16)10-18-14/h4-10,15,17H,3H2,1-2H3. The van der Waals surface area contributed by atoms with E-state index in [0.29, 0.717) is 0 Å². The summed E-state index contributed by atoms with van der Waals surface area (Å²) < 4.78 is 12.9. The number of nitrogens with one attached hydrogen (secondary N) is 1.